The number of rotatable bonds is 5. The first-order valence-corrected chi connectivity index (χ1v) is 8.33. The summed E-state index contributed by atoms with van der Waals surface area (Å²) in [6.07, 6.45) is 0.148. The van der Waals surface area contributed by atoms with Crippen molar-refractivity contribution in [2.75, 3.05) is 32.7 Å². The lowest BCUT2D eigenvalue weighted by molar-refractivity contribution is -0.122. The Morgan fingerprint density at radius 2 is 1.96 bits per heavy atom. The second-order valence-corrected chi connectivity index (χ2v) is 7.32. The van der Waals surface area contributed by atoms with Crippen molar-refractivity contribution in [3.05, 3.63) is 0 Å². The molecule has 0 aromatic heterocycles. The molecular formula is C16H32N4O3. The van der Waals surface area contributed by atoms with Gasteiger partial charge in [0, 0.05) is 51.2 Å². The van der Waals surface area contributed by atoms with Gasteiger partial charge >= 0.3 is 6.09 Å². The summed E-state index contributed by atoms with van der Waals surface area (Å²) in [5.74, 6) is 0.0466. The predicted molar refractivity (Wildman–Crippen MR) is 90.1 cm³/mol. The van der Waals surface area contributed by atoms with Gasteiger partial charge < -0.3 is 20.7 Å². The Bertz CT molecular complexity index is 407. The summed E-state index contributed by atoms with van der Waals surface area (Å²) in [6.45, 7) is 12.4. The van der Waals surface area contributed by atoms with Crippen LogP contribution in [0.25, 0.3) is 0 Å². The third-order valence-corrected chi connectivity index (χ3v) is 3.60. The third kappa shape index (κ3) is 7.18. The molecule has 23 heavy (non-hydrogen) atoms. The monoisotopic (exact) mass is 328 g/mol. The first-order chi connectivity index (χ1) is 10.6. The minimum Gasteiger partial charge on any atom is -0.444 e. The van der Waals surface area contributed by atoms with Crippen molar-refractivity contribution in [3.8, 4) is 0 Å². The number of piperazine rings is 1. The van der Waals surface area contributed by atoms with Crippen LogP contribution in [0.3, 0.4) is 0 Å². The Morgan fingerprint density at radius 3 is 2.48 bits per heavy atom. The molecule has 0 aliphatic carbocycles. The summed E-state index contributed by atoms with van der Waals surface area (Å²) in [7, 11) is 0. The molecule has 0 aromatic carbocycles. The smallest absolute Gasteiger partial charge is 0.410 e. The van der Waals surface area contributed by atoms with Crippen LogP contribution in [0.15, 0.2) is 0 Å². The maximum absolute atomic E-state index is 12.1. The molecule has 0 radical (unpaired) electrons. The Hall–Kier alpha value is -1.34. The highest BCUT2D eigenvalue weighted by Crippen LogP contribution is 2.15. The van der Waals surface area contributed by atoms with Gasteiger partial charge in [0.05, 0.1) is 0 Å². The van der Waals surface area contributed by atoms with E-state index in [9.17, 15) is 9.59 Å². The molecule has 1 aliphatic rings. The van der Waals surface area contributed by atoms with Crippen molar-refractivity contribution < 1.29 is 14.3 Å². The molecule has 134 valence electrons. The van der Waals surface area contributed by atoms with E-state index < -0.39 is 5.60 Å². The van der Waals surface area contributed by atoms with E-state index in [1.165, 1.54) is 0 Å². The number of carbonyl (C=O) groups is 2. The normalized spacial score (nSPS) is 19.8. The fourth-order valence-electron chi connectivity index (χ4n) is 2.54. The number of nitrogens with two attached hydrogens (primary N) is 1. The predicted octanol–water partition coefficient (Wildman–Crippen LogP) is 0.781. The minimum atomic E-state index is -0.499. The topological polar surface area (TPSA) is 87.9 Å². The fraction of sp³-hybridized carbons (Fsp3) is 0.875. The number of hydrogen-bond donors (Lipinski definition) is 2. The van der Waals surface area contributed by atoms with Crippen molar-refractivity contribution in [3.63, 3.8) is 0 Å². The van der Waals surface area contributed by atoms with Crippen molar-refractivity contribution in [1.82, 2.24) is 15.1 Å². The van der Waals surface area contributed by atoms with Crippen LogP contribution in [0.4, 0.5) is 4.79 Å². The molecule has 1 saturated heterocycles. The number of ether oxygens (including phenoxy) is 1. The summed E-state index contributed by atoms with van der Waals surface area (Å²) < 4.78 is 5.41. The summed E-state index contributed by atoms with van der Waals surface area (Å²) in [5.41, 5.74) is 5.35. The molecule has 3 N–H and O–H groups in total. The zero-order valence-electron chi connectivity index (χ0n) is 15.1. The first-order valence-electron chi connectivity index (χ1n) is 8.33. The van der Waals surface area contributed by atoms with E-state index in [0.29, 0.717) is 39.1 Å². The Labute approximate surface area is 139 Å². The number of amides is 2. The maximum Gasteiger partial charge on any atom is 0.410 e. The Kier molecular flexibility index (Phi) is 7.28. The number of carbonyl (C=O) groups excluding carboxylic acids is 2. The van der Waals surface area contributed by atoms with Gasteiger partial charge in [-0.1, -0.05) is 0 Å². The summed E-state index contributed by atoms with van der Waals surface area (Å²) in [6, 6.07) is 0.208. The van der Waals surface area contributed by atoms with Crippen LogP contribution < -0.4 is 11.1 Å². The Morgan fingerprint density at radius 1 is 1.30 bits per heavy atom. The third-order valence-electron chi connectivity index (χ3n) is 3.60. The van der Waals surface area contributed by atoms with Crippen LogP contribution in [-0.4, -0.2) is 72.2 Å². The highest BCUT2D eigenvalue weighted by molar-refractivity contribution is 5.76. The van der Waals surface area contributed by atoms with Gasteiger partial charge in [-0.3, -0.25) is 9.69 Å². The van der Waals surface area contributed by atoms with Gasteiger partial charge in [0.2, 0.25) is 5.91 Å². The second kappa shape index (κ2) is 8.49. The molecule has 1 rings (SSSR count). The van der Waals surface area contributed by atoms with Crippen LogP contribution >= 0.6 is 0 Å². The number of nitrogens with zero attached hydrogens (tertiary/aromatic N) is 2. The van der Waals surface area contributed by atoms with E-state index in [1.54, 1.807) is 4.90 Å². The van der Waals surface area contributed by atoms with E-state index in [0.717, 1.165) is 0 Å². The number of nitrogens with one attached hydrogen (secondary N) is 1. The van der Waals surface area contributed by atoms with Crippen LogP contribution in [0.1, 0.15) is 41.0 Å². The number of hydrogen-bond acceptors (Lipinski definition) is 5. The zero-order valence-corrected chi connectivity index (χ0v) is 15.1. The second-order valence-electron chi connectivity index (χ2n) is 7.32. The minimum absolute atomic E-state index is 0.0466. The fourth-order valence-corrected chi connectivity index (χ4v) is 2.54. The molecule has 0 saturated carbocycles. The quantitative estimate of drug-likeness (QED) is 0.779. The van der Waals surface area contributed by atoms with E-state index in [2.05, 4.69) is 10.2 Å². The van der Waals surface area contributed by atoms with Crippen molar-refractivity contribution in [1.29, 1.82) is 0 Å². The average Bonchev–Trinajstić information content (AvgIpc) is 2.42. The molecule has 0 spiro atoms. The van der Waals surface area contributed by atoms with Crippen LogP contribution in [0, 0.1) is 0 Å². The molecule has 1 fully saturated rings. The summed E-state index contributed by atoms with van der Waals surface area (Å²) >= 11 is 0. The first kappa shape index (κ1) is 19.7. The molecule has 1 unspecified atom stereocenters. The van der Waals surface area contributed by atoms with Gasteiger partial charge in [-0.05, 0) is 34.6 Å². The van der Waals surface area contributed by atoms with Crippen molar-refractivity contribution in [2.24, 2.45) is 5.73 Å². The molecule has 1 aliphatic heterocycles. The molecule has 2 amide bonds. The Balaban J connectivity index is 2.49. The zero-order chi connectivity index (χ0) is 17.6. The van der Waals surface area contributed by atoms with Crippen molar-refractivity contribution in [2.45, 2.75) is 58.7 Å². The lowest BCUT2D eigenvalue weighted by Gasteiger charge is -2.41. The summed E-state index contributed by atoms with van der Waals surface area (Å²) in [4.78, 5) is 27.8. The molecule has 7 heteroatoms. The van der Waals surface area contributed by atoms with E-state index in [-0.39, 0.29) is 24.1 Å². The van der Waals surface area contributed by atoms with Gasteiger partial charge in [0.25, 0.3) is 0 Å². The lowest BCUT2D eigenvalue weighted by atomic mass is 10.1. The molecule has 0 bridgehead atoms. The molecule has 0 aromatic rings. The lowest BCUT2D eigenvalue weighted by Crippen LogP contribution is -2.58. The largest absolute Gasteiger partial charge is 0.444 e. The standard InChI is InChI=1S/C16H32N4O3/c1-12(2)18-14(21)6-7-19-8-9-20(11-13(19)10-17)15(22)23-16(3,4)5/h12-13H,6-11,17H2,1-5H3,(H,18,21). The maximum atomic E-state index is 12.1. The van der Waals surface area contributed by atoms with E-state index in [1.807, 2.05) is 34.6 Å². The van der Waals surface area contributed by atoms with Crippen LogP contribution in [0.5, 0.6) is 0 Å². The van der Waals surface area contributed by atoms with Crippen LogP contribution in [-0.2, 0) is 9.53 Å². The highest BCUT2D eigenvalue weighted by atomic mass is 16.6. The van der Waals surface area contributed by atoms with Crippen LogP contribution in [0.2, 0.25) is 0 Å². The van der Waals surface area contributed by atoms with E-state index >= 15 is 0 Å². The van der Waals surface area contributed by atoms with Gasteiger partial charge in [-0.2, -0.15) is 0 Å². The van der Waals surface area contributed by atoms with Gasteiger partial charge in [-0.15, -0.1) is 0 Å². The van der Waals surface area contributed by atoms with Gasteiger partial charge in [-0.25, -0.2) is 4.79 Å². The van der Waals surface area contributed by atoms with Gasteiger partial charge in [0.15, 0.2) is 0 Å². The molecule has 1 heterocycles. The van der Waals surface area contributed by atoms with Gasteiger partial charge in [0.1, 0.15) is 5.60 Å². The van der Waals surface area contributed by atoms with E-state index in [4.69, 9.17) is 10.5 Å². The molecular weight excluding hydrogens is 296 g/mol. The van der Waals surface area contributed by atoms with Crippen molar-refractivity contribution >= 4 is 12.0 Å². The molecule has 7 nitrogen and oxygen atoms in total. The highest BCUT2D eigenvalue weighted by Gasteiger charge is 2.31. The average molecular weight is 328 g/mol. The SMILES string of the molecule is CC(C)NC(=O)CCN1CCN(C(=O)OC(C)(C)C)CC1CN. The molecule has 1 atom stereocenters. The summed E-state index contributed by atoms with van der Waals surface area (Å²) in [5, 5.41) is 2.89.